The van der Waals surface area contributed by atoms with E-state index in [-0.39, 0.29) is 0 Å². The molecule has 3 heteroatoms. The Kier molecular flexibility index (Phi) is 3.52. The van der Waals surface area contributed by atoms with Crippen molar-refractivity contribution in [2.24, 2.45) is 0 Å². The van der Waals surface area contributed by atoms with E-state index in [1.165, 1.54) is 0 Å². The van der Waals surface area contributed by atoms with E-state index in [0.29, 0.717) is 0 Å². The van der Waals surface area contributed by atoms with Crippen LogP contribution in [-0.2, 0) is 6.54 Å². The zero-order chi connectivity index (χ0) is 8.10. The molecule has 1 N–H and O–H groups in total. The fourth-order valence-corrected chi connectivity index (χ4v) is 1.03. The quantitative estimate of drug-likeness (QED) is 0.531. The maximum Gasteiger partial charge on any atom is 0.117 e. The highest BCUT2D eigenvalue weighted by Crippen LogP contribution is 2.04. The maximum absolute atomic E-state index is 5.34. The van der Waals surface area contributed by atoms with Gasteiger partial charge in [0.25, 0.3) is 0 Å². The first-order valence-electron chi connectivity index (χ1n) is 3.70. The van der Waals surface area contributed by atoms with Gasteiger partial charge in [0.2, 0.25) is 0 Å². The smallest absolute Gasteiger partial charge is 0.117 e. The van der Waals surface area contributed by atoms with E-state index in [9.17, 15) is 0 Å². The van der Waals surface area contributed by atoms with E-state index in [2.05, 4.69) is 17.9 Å². The highest BCUT2D eigenvalue weighted by molar-refractivity contribution is 7.80. The minimum Gasteiger partial charge on any atom is -0.465 e. The van der Waals surface area contributed by atoms with Crippen LogP contribution in [0.1, 0.15) is 11.5 Å². The Morgan fingerprint density at radius 2 is 2.36 bits per heavy atom. The molecule has 0 aliphatic carbocycles. The summed E-state index contributed by atoms with van der Waals surface area (Å²) in [6.45, 7) is 3.67. The number of aryl methyl sites for hydroxylation is 1. The van der Waals surface area contributed by atoms with Crippen LogP contribution in [0.5, 0.6) is 0 Å². The van der Waals surface area contributed by atoms with Gasteiger partial charge in [-0.05, 0) is 19.1 Å². The summed E-state index contributed by atoms with van der Waals surface area (Å²) in [4.78, 5) is 0. The largest absolute Gasteiger partial charge is 0.465 e. The molecule has 0 radical (unpaired) electrons. The Hall–Kier alpha value is -0.410. The summed E-state index contributed by atoms with van der Waals surface area (Å²) in [5.41, 5.74) is 0. The normalized spacial score (nSPS) is 10.4. The summed E-state index contributed by atoms with van der Waals surface area (Å²) in [7, 11) is 0. The summed E-state index contributed by atoms with van der Waals surface area (Å²) in [6, 6.07) is 3.96. The third-order valence-electron chi connectivity index (χ3n) is 1.38. The van der Waals surface area contributed by atoms with Crippen LogP contribution in [-0.4, -0.2) is 12.3 Å². The van der Waals surface area contributed by atoms with Crippen molar-refractivity contribution in [3.8, 4) is 0 Å². The molecule has 0 spiro atoms. The molecule has 0 amide bonds. The summed E-state index contributed by atoms with van der Waals surface area (Å²) >= 11 is 4.08. The predicted molar refractivity (Wildman–Crippen MR) is 49.0 cm³/mol. The second kappa shape index (κ2) is 4.46. The topological polar surface area (TPSA) is 25.2 Å². The molecule has 0 bridgehead atoms. The van der Waals surface area contributed by atoms with Crippen molar-refractivity contribution in [2.45, 2.75) is 13.5 Å². The third kappa shape index (κ3) is 2.99. The van der Waals surface area contributed by atoms with Crippen molar-refractivity contribution in [3.63, 3.8) is 0 Å². The number of hydrogen-bond donors (Lipinski definition) is 2. The van der Waals surface area contributed by atoms with Crippen LogP contribution in [0.15, 0.2) is 16.5 Å². The van der Waals surface area contributed by atoms with E-state index in [1.54, 1.807) is 0 Å². The minimum absolute atomic E-state index is 0.800. The van der Waals surface area contributed by atoms with E-state index in [1.807, 2.05) is 19.1 Å². The SMILES string of the molecule is Cc1ccc(CNCCS)o1. The molecule has 11 heavy (non-hydrogen) atoms. The molecule has 0 aliphatic heterocycles. The molecular formula is C8H13NOS. The molecule has 62 valence electrons. The van der Waals surface area contributed by atoms with Gasteiger partial charge in [0.15, 0.2) is 0 Å². The second-order valence-electron chi connectivity index (χ2n) is 2.41. The second-order valence-corrected chi connectivity index (χ2v) is 2.86. The molecule has 0 unspecified atom stereocenters. The Balaban J connectivity index is 2.27. The van der Waals surface area contributed by atoms with Gasteiger partial charge in [-0.1, -0.05) is 0 Å². The molecule has 0 saturated carbocycles. The summed E-state index contributed by atoms with van der Waals surface area (Å²) in [6.07, 6.45) is 0. The minimum atomic E-state index is 0.800. The van der Waals surface area contributed by atoms with Crippen LogP contribution in [0.3, 0.4) is 0 Å². The monoisotopic (exact) mass is 171 g/mol. The van der Waals surface area contributed by atoms with Crippen LogP contribution in [0.4, 0.5) is 0 Å². The lowest BCUT2D eigenvalue weighted by atomic mass is 10.4. The third-order valence-corrected chi connectivity index (χ3v) is 1.61. The van der Waals surface area contributed by atoms with Gasteiger partial charge in [0.05, 0.1) is 6.54 Å². The Labute approximate surface area is 72.4 Å². The molecule has 1 aromatic rings. The summed E-state index contributed by atoms with van der Waals surface area (Å²) in [5.74, 6) is 2.82. The van der Waals surface area contributed by atoms with Gasteiger partial charge in [-0.25, -0.2) is 0 Å². The van der Waals surface area contributed by atoms with Crippen molar-refractivity contribution < 1.29 is 4.42 Å². The van der Waals surface area contributed by atoms with Crippen LogP contribution >= 0.6 is 12.6 Å². The van der Waals surface area contributed by atoms with Crippen molar-refractivity contribution in [1.82, 2.24) is 5.32 Å². The molecular weight excluding hydrogens is 158 g/mol. The van der Waals surface area contributed by atoms with Gasteiger partial charge < -0.3 is 9.73 Å². The molecule has 0 aliphatic rings. The number of thiol groups is 1. The molecule has 1 aromatic heterocycles. The average molecular weight is 171 g/mol. The molecule has 2 nitrogen and oxygen atoms in total. The van der Waals surface area contributed by atoms with Crippen LogP contribution in [0.2, 0.25) is 0 Å². The first-order valence-corrected chi connectivity index (χ1v) is 4.33. The lowest BCUT2D eigenvalue weighted by Gasteiger charge is -1.97. The van der Waals surface area contributed by atoms with Crippen molar-refractivity contribution in [3.05, 3.63) is 23.7 Å². The predicted octanol–water partition coefficient (Wildman–Crippen LogP) is 1.61. The molecule has 1 rings (SSSR count). The first kappa shape index (κ1) is 8.68. The lowest BCUT2D eigenvalue weighted by Crippen LogP contribution is -2.15. The first-order chi connectivity index (χ1) is 5.33. The summed E-state index contributed by atoms with van der Waals surface area (Å²) in [5, 5.41) is 3.19. The van der Waals surface area contributed by atoms with Gasteiger partial charge in [-0.2, -0.15) is 12.6 Å². The fraction of sp³-hybridized carbons (Fsp3) is 0.500. The van der Waals surface area contributed by atoms with Gasteiger partial charge in [-0.15, -0.1) is 0 Å². The molecule has 0 fully saturated rings. The lowest BCUT2D eigenvalue weighted by molar-refractivity contribution is 0.466. The van der Waals surface area contributed by atoms with E-state index >= 15 is 0 Å². The van der Waals surface area contributed by atoms with Gasteiger partial charge in [-0.3, -0.25) is 0 Å². The van der Waals surface area contributed by atoms with Crippen molar-refractivity contribution >= 4 is 12.6 Å². The summed E-state index contributed by atoms with van der Waals surface area (Å²) < 4.78 is 5.34. The fourth-order valence-electron chi connectivity index (χ4n) is 0.871. The van der Waals surface area contributed by atoms with Crippen LogP contribution < -0.4 is 5.32 Å². The van der Waals surface area contributed by atoms with E-state index < -0.39 is 0 Å². The Morgan fingerprint density at radius 1 is 1.55 bits per heavy atom. The highest BCUT2D eigenvalue weighted by atomic mass is 32.1. The zero-order valence-corrected chi connectivity index (χ0v) is 7.53. The van der Waals surface area contributed by atoms with Crippen molar-refractivity contribution in [2.75, 3.05) is 12.3 Å². The van der Waals surface area contributed by atoms with Crippen molar-refractivity contribution in [1.29, 1.82) is 0 Å². The van der Waals surface area contributed by atoms with E-state index in [0.717, 1.165) is 30.4 Å². The van der Waals surface area contributed by atoms with Gasteiger partial charge in [0, 0.05) is 12.3 Å². The molecule has 0 aromatic carbocycles. The number of rotatable bonds is 4. The van der Waals surface area contributed by atoms with Gasteiger partial charge >= 0.3 is 0 Å². The highest BCUT2D eigenvalue weighted by Gasteiger charge is 1.95. The number of hydrogen-bond acceptors (Lipinski definition) is 3. The Bertz CT molecular complexity index is 210. The number of furan rings is 1. The van der Waals surface area contributed by atoms with E-state index in [4.69, 9.17) is 4.42 Å². The average Bonchev–Trinajstić information content (AvgIpc) is 2.37. The molecule has 0 saturated heterocycles. The standard InChI is InChI=1S/C8H13NOS/c1-7-2-3-8(10-7)6-9-4-5-11/h2-3,9,11H,4-6H2,1H3. The van der Waals surface area contributed by atoms with Gasteiger partial charge in [0.1, 0.15) is 11.5 Å². The number of nitrogens with one attached hydrogen (secondary N) is 1. The maximum atomic E-state index is 5.34. The molecule has 0 atom stereocenters. The molecule has 1 heterocycles. The zero-order valence-electron chi connectivity index (χ0n) is 6.63. The Morgan fingerprint density at radius 3 is 2.91 bits per heavy atom. The van der Waals surface area contributed by atoms with Crippen LogP contribution in [0, 0.1) is 6.92 Å². The van der Waals surface area contributed by atoms with Crippen LogP contribution in [0.25, 0.3) is 0 Å².